The Bertz CT molecular complexity index is 599. The van der Waals surface area contributed by atoms with E-state index >= 15 is 0 Å². The van der Waals surface area contributed by atoms with Crippen molar-refractivity contribution in [2.75, 3.05) is 6.61 Å². The van der Waals surface area contributed by atoms with Gasteiger partial charge in [0.05, 0.1) is 12.6 Å². The number of aryl methyl sites for hydroxylation is 1. The van der Waals surface area contributed by atoms with Gasteiger partial charge in [0.15, 0.2) is 0 Å². The van der Waals surface area contributed by atoms with Gasteiger partial charge in [0.2, 0.25) is 0 Å². The summed E-state index contributed by atoms with van der Waals surface area (Å²) in [6, 6.07) is 12.7. The zero-order valence-corrected chi connectivity index (χ0v) is 11.1. The average molecular weight is 273 g/mol. The second-order valence-electron chi connectivity index (χ2n) is 4.58. The molecule has 0 radical (unpaired) electrons. The van der Waals surface area contributed by atoms with Crippen molar-refractivity contribution in [3.8, 4) is 0 Å². The van der Waals surface area contributed by atoms with Gasteiger partial charge in [-0.05, 0) is 30.2 Å². The van der Waals surface area contributed by atoms with E-state index in [1.165, 1.54) is 12.1 Å². The zero-order chi connectivity index (χ0) is 14.5. The molecule has 2 aromatic rings. The smallest absolute Gasteiger partial charge is 0.252 e. The van der Waals surface area contributed by atoms with Crippen LogP contribution in [0.4, 0.5) is 4.39 Å². The van der Waals surface area contributed by atoms with Gasteiger partial charge in [0.25, 0.3) is 5.91 Å². The number of benzene rings is 2. The minimum atomic E-state index is -0.508. The highest BCUT2D eigenvalue weighted by Gasteiger charge is 2.16. The third-order valence-electron chi connectivity index (χ3n) is 3.13. The second-order valence-corrected chi connectivity index (χ2v) is 4.58. The predicted octanol–water partition coefficient (Wildman–Crippen LogP) is 2.60. The van der Waals surface area contributed by atoms with Crippen molar-refractivity contribution in [3.63, 3.8) is 0 Å². The SMILES string of the molecule is Cc1ccc(F)cc1C(=O)N[C@@H](CO)c1ccccc1. The zero-order valence-electron chi connectivity index (χ0n) is 11.1. The molecule has 0 heterocycles. The third-order valence-corrected chi connectivity index (χ3v) is 3.13. The molecule has 4 heteroatoms. The minimum absolute atomic E-state index is 0.218. The lowest BCUT2D eigenvalue weighted by molar-refractivity contribution is 0.0915. The Balaban J connectivity index is 2.20. The van der Waals surface area contributed by atoms with Crippen molar-refractivity contribution in [1.29, 1.82) is 0 Å². The molecule has 2 aromatic carbocycles. The monoisotopic (exact) mass is 273 g/mol. The molecule has 0 aliphatic carbocycles. The molecule has 0 spiro atoms. The topological polar surface area (TPSA) is 49.3 Å². The number of hydrogen-bond acceptors (Lipinski definition) is 2. The van der Waals surface area contributed by atoms with Crippen LogP contribution in [-0.2, 0) is 0 Å². The summed E-state index contributed by atoms with van der Waals surface area (Å²) in [6.07, 6.45) is 0. The summed E-state index contributed by atoms with van der Waals surface area (Å²) in [5.74, 6) is -0.856. The molecule has 0 aromatic heterocycles. The van der Waals surface area contributed by atoms with Crippen LogP contribution in [0.5, 0.6) is 0 Å². The summed E-state index contributed by atoms with van der Waals surface area (Å²) in [7, 11) is 0. The van der Waals surface area contributed by atoms with Crippen molar-refractivity contribution in [2.45, 2.75) is 13.0 Å². The molecule has 20 heavy (non-hydrogen) atoms. The summed E-state index contributed by atoms with van der Waals surface area (Å²) >= 11 is 0. The van der Waals surface area contributed by atoms with E-state index in [0.29, 0.717) is 5.56 Å². The van der Waals surface area contributed by atoms with E-state index in [-0.39, 0.29) is 12.2 Å². The van der Waals surface area contributed by atoms with Gasteiger partial charge in [-0.25, -0.2) is 4.39 Å². The summed E-state index contributed by atoms with van der Waals surface area (Å²) < 4.78 is 13.2. The van der Waals surface area contributed by atoms with E-state index in [1.807, 2.05) is 30.3 Å². The van der Waals surface area contributed by atoms with Crippen molar-refractivity contribution in [2.24, 2.45) is 0 Å². The van der Waals surface area contributed by atoms with E-state index in [9.17, 15) is 14.3 Å². The quantitative estimate of drug-likeness (QED) is 0.899. The van der Waals surface area contributed by atoms with Gasteiger partial charge in [-0.2, -0.15) is 0 Å². The van der Waals surface area contributed by atoms with Crippen LogP contribution >= 0.6 is 0 Å². The molecule has 0 aliphatic rings. The Hall–Kier alpha value is -2.20. The number of amides is 1. The molecule has 0 fully saturated rings. The van der Waals surface area contributed by atoms with Gasteiger partial charge in [-0.3, -0.25) is 4.79 Å². The van der Waals surface area contributed by atoms with Crippen LogP contribution in [0.25, 0.3) is 0 Å². The molecule has 1 amide bonds. The van der Waals surface area contributed by atoms with Crippen molar-refractivity contribution in [3.05, 3.63) is 71.0 Å². The summed E-state index contributed by atoms with van der Waals surface area (Å²) in [4.78, 5) is 12.2. The number of aliphatic hydroxyl groups is 1. The highest BCUT2D eigenvalue weighted by molar-refractivity contribution is 5.95. The molecule has 104 valence electrons. The fourth-order valence-corrected chi connectivity index (χ4v) is 1.99. The Morgan fingerprint density at radius 3 is 2.60 bits per heavy atom. The van der Waals surface area contributed by atoms with Crippen molar-refractivity contribution >= 4 is 5.91 Å². The molecule has 0 saturated heterocycles. The lowest BCUT2D eigenvalue weighted by atomic mass is 10.0. The van der Waals surface area contributed by atoms with Crippen molar-refractivity contribution < 1.29 is 14.3 Å². The molecule has 0 bridgehead atoms. The van der Waals surface area contributed by atoms with Crippen LogP contribution in [-0.4, -0.2) is 17.6 Å². The molecule has 0 aliphatic heterocycles. The maximum absolute atomic E-state index is 13.2. The fourth-order valence-electron chi connectivity index (χ4n) is 1.99. The predicted molar refractivity (Wildman–Crippen MR) is 74.9 cm³/mol. The maximum atomic E-state index is 13.2. The first-order valence-electron chi connectivity index (χ1n) is 6.34. The standard InChI is InChI=1S/C16H16FNO2/c1-11-7-8-13(17)9-14(11)16(20)18-15(10-19)12-5-3-2-4-6-12/h2-9,15,19H,10H2,1H3,(H,18,20)/t15-/m0/s1. The Morgan fingerprint density at radius 1 is 1.25 bits per heavy atom. The van der Waals surface area contributed by atoms with E-state index in [1.54, 1.807) is 13.0 Å². The number of hydrogen-bond donors (Lipinski definition) is 2. The molecular formula is C16H16FNO2. The van der Waals surface area contributed by atoms with Crippen LogP contribution in [0.3, 0.4) is 0 Å². The normalized spacial score (nSPS) is 11.9. The van der Waals surface area contributed by atoms with Crippen LogP contribution in [0, 0.1) is 12.7 Å². The number of halogens is 1. The molecule has 3 nitrogen and oxygen atoms in total. The first-order valence-corrected chi connectivity index (χ1v) is 6.34. The first kappa shape index (κ1) is 14.2. The highest BCUT2D eigenvalue weighted by Crippen LogP contribution is 2.15. The van der Waals surface area contributed by atoms with Crippen LogP contribution < -0.4 is 5.32 Å². The van der Waals surface area contributed by atoms with Crippen LogP contribution in [0.1, 0.15) is 27.5 Å². The molecule has 0 unspecified atom stereocenters. The average Bonchev–Trinajstić information content (AvgIpc) is 2.48. The van der Waals surface area contributed by atoms with E-state index in [0.717, 1.165) is 5.56 Å². The molecule has 2 rings (SSSR count). The lowest BCUT2D eigenvalue weighted by Crippen LogP contribution is -2.31. The summed E-state index contributed by atoms with van der Waals surface area (Å²) in [5, 5.41) is 12.1. The van der Waals surface area contributed by atoms with Crippen molar-refractivity contribution in [1.82, 2.24) is 5.32 Å². The van der Waals surface area contributed by atoms with Gasteiger partial charge < -0.3 is 10.4 Å². The molecule has 2 N–H and O–H groups in total. The molecule has 1 atom stereocenters. The van der Waals surface area contributed by atoms with Gasteiger partial charge >= 0.3 is 0 Å². The number of carbonyl (C=O) groups is 1. The second kappa shape index (κ2) is 6.30. The largest absolute Gasteiger partial charge is 0.394 e. The Morgan fingerprint density at radius 2 is 1.95 bits per heavy atom. The van der Waals surface area contributed by atoms with Gasteiger partial charge in [0, 0.05) is 5.56 Å². The first-order chi connectivity index (χ1) is 9.61. The lowest BCUT2D eigenvalue weighted by Gasteiger charge is -2.17. The minimum Gasteiger partial charge on any atom is -0.394 e. The number of rotatable bonds is 4. The highest BCUT2D eigenvalue weighted by atomic mass is 19.1. The van der Waals surface area contributed by atoms with E-state index in [4.69, 9.17) is 0 Å². The Labute approximate surface area is 117 Å². The summed E-state index contributed by atoms with van der Waals surface area (Å²) in [6.45, 7) is 1.52. The summed E-state index contributed by atoms with van der Waals surface area (Å²) in [5.41, 5.74) is 1.77. The van der Waals surface area contributed by atoms with E-state index in [2.05, 4.69) is 5.32 Å². The Kier molecular flexibility index (Phi) is 4.48. The molecular weight excluding hydrogens is 257 g/mol. The molecule has 0 saturated carbocycles. The number of carbonyl (C=O) groups excluding carboxylic acids is 1. The van der Waals surface area contributed by atoms with Crippen LogP contribution in [0.15, 0.2) is 48.5 Å². The number of aliphatic hydroxyl groups excluding tert-OH is 1. The number of nitrogens with one attached hydrogen (secondary N) is 1. The fraction of sp³-hybridized carbons (Fsp3) is 0.188. The van der Waals surface area contributed by atoms with Gasteiger partial charge in [-0.15, -0.1) is 0 Å². The van der Waals surface area contributed by atoms with Crippen LogP contribution in [0.2, 0.25) is 0 Å². The third kappa shape index (κ3) is 3.22. The van der Waals surface area contributed by atoms with E-state index < -0.39 is 17.8 Å². The van der Waals surface area contributed by atoms with Gasteiger partial charge in [0.1, 0.15) is 5.82 Å². The van der Waals surface area contributed by atoms with Gasteiger partial charge in [-0.1, -0.05) is 36.4 Å². The maximum Gasteiger partial charge on any atom is 0.252 e.